The molecule has 4 heteroatoms. The van der Waals surface area contributed by atoms with E-state index in [1.807, 2.05) is 13.8 Å². The van der Waals surface area contributed by atoms with Gasteiger partial charge in [-0.05, 0) is 13.3 Å². The van der Waals surface area contributed by atoms with Crippen LogP contribution in [0.3, 0.4) is 0 Å². The zero-order chi connectivity index (χ0) is 11.0. The van der Waals surface area contributed by atoms with Gasteiger partial charge in [0.15, 0.2) is 0 Å². The molecule has 0 aromatic carbocycles. The molecule has 0 saturated heterocycles. The third-order valence-electron chi connectivity index (χ3n) is 2.07. The summed E-state index contributed by atoms with van der Waals surface area (Å²) in [6.07, 6.45) is 1.68. The monoisotopic (exact) mass is 202 g/mol. The molecular formula is C10H22N2O2. The second-order valence-electron chi connectivity index (χ2n) is 3.35. The number of carbonyl (C=O) groups excluding carboxylic acids is 1. The lowest BCUT2D eigenvalue weighted by molar-refractivity contribution is -0.132. The van der Waals surface area contributed by atoms with Crippen molar-refractivity contribution in [3.63, 3.8) is 0 Å². The van der Waals surface area contributed by atoms with Crippen molar-refractivity contribution < 1.29 is 9.53 Å². The fourth-order valence-corrected chi connectivity index (χ4v) is 1.17. The van der Waals surface area contributed by atoms with Gasteiger partial charge in [0.1, 0.15) is 0 Å². The maximum Gasteiger partial charge on any atom is 0.239 e. The maximum atomic E-state index is 11.6. The van der Waals surface area contributed by atoms with Crippen LogP contribution in [0.15, 0.2) is 0 Å². The van der Waals surface area contributed by atoms with E-state index in [1.165, 1.54) is 0 Å². The Morgan fingerprint density at radius 2 is 2.14 bits per heavy atom. The Morgan fingerprint density at radius 3 is 2.64 bits per heavy atom. The van der Waals surface area contributed by atoms with Gasteiger partial charge in [0, 0.05) is 20.2 Å². The topological polar surface area (TPSA) is 55.6 Å². The van der Waals surface area contributed by atoms with E-state index in [2.05, 4.69) is 0 Å². The van der Waals surface area contributed by atoms with Gasteiger partial charge >= 0.3 is 0 Å². The Labute approximate surface area is 86.4 Å². The molecule has 0 fully saturated rings. The van der Waals surface area contributed by atoms with Gasteiger partial charge in [-0.2, -0.15) is 0 Å². The molecule has 0 aromatic heterocycles. The van der Waals surface area contributed by atoms with Crippen molar-refractivity contribution in [1.82, 2.24) is 4.90 Å². The van der Waals surface area contributed by atoms with Crippen LogP contribution in [0, 0.1) is 0 Å². The van der Waals surface area contributed by atoms with Crippen LogP contribution in [0.4, 0.5) is 0 Å². The van der Waals surface area contributed by atoms with Crippen LogP contribution in [0.25, 0.3) is 0 Å². The van der Waals surface area contributed by atoms with Gasteiger partial charge in [0.2, 0.25) is 5.91 Å². The van der Waals surface area contributed by atoms with Crippen molar-refractivity contribution in [1.29, 1.82) is 0 Å². The molecule has 0 saturated carbocycles. The van der Waals surface area contributed by atoms with Gasteiger partial charge in [0.05, 0.1) is 12.6 Å². The first-order valence-corrected chi connectivity index (χ1v) is 5.21. The number of amides is 1. The van der Waals surface area contributed by atoms with Crippen LogP contribution < -0.4 is 5.73 Å². The lowest BCUT2D eigenvalue weighted by Crippen LogP contribution is -2.42. The Morgan fingerprint density at radius 1 is 1.50 bits per heavy atom. The minimum Gasteiger partial charge on any atom is -0.380 e. The summed E-state index contributed by atoms with van der Waals surface area (Å²) < 4.78 is 5.16. The van der Waals surface area contributed by atoms with Crippen molar-refractivity contribution >= 4 is 5.91 Å². The van der Waals surface area contributed by atoms with Crippen LogP contribution in [0.5, 0.6) is 0 Å². The number of likely N-dealkylation sites (N-methyl/N-ethyl adjacent to an activating group) is 1. The number of nitrogens with zero attached hydrogens (tertiary/aromatic N) is 1. The Balaban J connectivity index is 3.74. The van der Waals surface area contributed by atoms with Crippen LogP contribution in [0.2, 0.25) is 0 Å². The average molecular weight is 202 g/mol. The van der Waals surface area contributed by atoms with Gasteiger partial charge in [-0.15, -0.1) is 0 Å². The molecule has 0 heterocycles. The summed E-state index contributed by atoms with van der Waals surface area (Å²) in [7, 11) is 1.76. The third-order valence-corrected chi connectivity index (χ3v) is 2.07. The highest BCUT2D eigenvalue weighted by molar-refractivity contribution is 5.81. The average Bonchev–Trinajstić information content (AvgIpc) is 2.17. The number of hydrogen-bond donors (Lipinski definition) is 1. The van der Waals surface area contributed by atoms with E-state index >= 15 is 0 Å². The number of ether oxygens (including phenoxy) is 1. The molecule has 1 amide bonds. The summed E-state index contributed by atoms with van der Waals surface area (Å²) in [5, 5.41) is 0. The van der Waals surface area contributed by atoms with E-state index in [-0.39, 0.29) is 11.9 Å². The normalized spacial score (nSPS) is 12.6. The molecule has 0 aromatic rings. The predicted octanol–water partition coefficient (Wildman–Crippen LogP) is 0.609. The SMILES string of the molecule is CCC[C@H](N)C(=O)N(C)CCOCC. The molecule has 0 rings (SSSR count). The Kier molecular flexibility index (Phi) is 7.42. The highest BCUT2D eigenvalue weighted by Gasteiger charge is 2.16. The van der Waals surface area contributed by atoms with E-state index in [0.717, 1.165) is 12.8 Å². The summed E-state index contributed by atoms with van der Waals surface area (Å²) in [5.74, 6) is 0.00607. The minimum absolute atomic E-state index is 0.00607. The Bertz CT molecular complexity index is 162. The quantitative estimate of drug-likeness (QED) is 0.615. The van der Waals surface area contributed by atoms with Crippen molar-refractivity contribution in [2.24, 2.45) is 5.73 Å². The number of rotatable bonds is 7. The molecule has 2 N–H and O–H groups in total. The smallest absolute Gasteiger partial charge is 0.239 e. The molecule has 84 valence electrons. The number of carbonyl (C=O) groups is 1. The summed E-state index contributed by atoms with van der Waals surface area (Å²) in [6.45, 7) is 5.84. The second kappa shape index (κ2) is 7.76. The van der Waals surface area contributed by atoms with E-state index in [4.69, 9.17) is 10.5 Å². The van der Waals surface area contributed by atoms with Crippen LogP contribution in [0.1, 0.15) is 26.7 Å². The summed E-state index contributed by atoms with van der Waals surface area (Å²) in [4.78, 5) is 13.2. The Hall–Kier alpha value is -0.610. The summed E-state index contributed by atoms with van der Waals surface area (Å²) in [6, 6.07) is -0.355. The molecule has 0 aliphatic rings. The first kappa shape index (κ1) is 13.4. The maximum absolute atomic E-state index is 11.6. The fourth-order valence-electron chi connectivity index (χ4n) is 1.17. The molecule has 0 aliphatic carbocycles. The van der Waals surface area contributed by atoms with Crippen molar-refractivity contribution in [2.75, 3.05) is 26.8 Å². The van der Waals surface area contributed by atoms with Gasteiger partial charge in [-0.3, -0.25) is 4.79 Å². The van der Waals surface area contributed by atoms with E-state index in [0.29, 0.717) is 19.8 Å². The summed E-state index contributed by atoms with van der Waals surface area (Å²) in [5.41, 5.74) is 5.70. The van der Waals surface area contributed by atoms with Crippen LogP contribution in [-0.4, -0.2) is 43.7 Å². The van der Waals surface area contributed by atoms with E-state index in [1.54, 1.807) is 11.9 Å². The van der Waals surface area contributed by atoms with E-state index < -0.39 is 0 Å². The highest BCUT2D eigenvalue weighted by Crippen LogP contribution is 1.97. The lowest BCUT2D eigenvalue weighted by Gasteiger charge is -2.20. The highest BCUT2D eigenvalue weighted by atomic mass is 16.5. The summed E-state index contributed by atoms with van der Waals surface area (Å²) >= 11 is 0. The standard InChI is InChI=1S/C10H22N2O2/c1-4-6-9(11)10(13)12(3)7-8-14-5-2/h9H,4-8,11H2,1-3H3/t9-/m0/s1. The van der Waals surface area contributed by atoms with Gasteiger partial charge in [0.25, 0.3) is 0 Å². The number of nitrogens with two attached hydrogens (primary N) is 1. The molecular weight excluding hydrogens is 180 g/mol. The lowest BCUT2D eigenvalue weighted by atomic mass is 10.1. The van der Waals surface area contributed by atoms with Gasteiger partial charge in [-0.25, -0.2) is 0 Å². The molecule has 4 nitrogen and oxygen atoms in total. The molecule has 0 unspecified atom stereocenters. The van der Waals surface area contributed by atoms with Crippen LogP contribution in [-0.2, 0) is 9.53 Å². The molecule has 0 aliphatic heterocycles. The first-order valence-electron chi connectivity index (χ1n) is 5.21. The van der Waals surface area contributed by atoms with Gasteiger partial charge in [-0.1, -0.05) is 13.3 Å². The van der Waals surface area contributed by atoms with Crippen LogP contribution >= 0.6 is 0 Å². The van der Waals surface area contributed by atoms with E-state index in [9.17, 15) is 4.79 Å². The second-order valence-corrected chi connectivity index (χ2v) is 3.35. The van der Waals surface area contributed by atoms with Crippen molar-refractivity contribution in [3.8, 4) is 0 Å². The zero-order valence-corrected chi connectivity index (χ0v) is 9.45. The minimum atomic E-state index is -0.355. The zero-order valence-electron chi connectivity index (χ0n) is 9.45. The molecule has 0 bridgehead atoms. The third kappa shape index (κ3) is 5.19. The molecule has 0 spiro atoms. The first-order chi connectivity index (χ1) is 6.63. The molecule has 14 heavy (non-hydrogen) atoms. The van der Waals surface area contributed by atoms with Crippen molar-refractivity contribution in [2.45, 2.75) is 32.7 Å². The molecule has 1 atom stereocenters. The predicted molar refractivity (Wildman–Crippen MR) is 57.0 cm³/mol. The molecule has 0 radical (unpaired) electrons. The fraction of sp³-hybridized carbons (Fsp3) is 0.900. The number of hydrogen-bond acceptors (Lipinski definition) is 3. The van der Waals surface area contributed by atoms with Crippen molar-refractivity contribution in [3.05, 3.63) is 0 Å². The van der Waals surface area contributed by atoms with Gasteiger partial charge < -0.3 is 15.4 Å². The largest absolute Gasteiger partial charge is 0.380 e.